The maximum Gasteiger partial charge on any atom is 0.164 e. The molecule has 0 aliphatic rings. The largest absolute Gasteiger partial charge is 0.372 e. The summed E-state index contributed by atoms with van der Waals surface area (Å²) < 4.78 is 14.5. The van der Waals surface area contributed by atoms with Crippen LogP contribution in [0, 0.1) is 5.82 Å². The standard InChI is InChI=1S/C11H8BrClFN3/c1-15-11-7(12)5-16-10(17-11)6-3-2-4-8(13)9(6)14/h2-5H,1H3,(H,15,16,17). The zero-order valence-corrected chi connectivity index (χ0v) is 11.2. The Morgan fingerprint density at radius 3 is 2.88 bits per heavy atom. The van der Waals surface area contributed by atoms with Crippen molar-refractivity contribution in [3.63, 3.8) is 0 Å². The Bertz CT molecular complexity index is 562. The number of rotatable bonds is 2. The third-order valence-electron chi connectivity index (χ3n) is 2.17. The minimum Gasteiger partial charge on any atom is -0.372 e. The maximum atomic E-state index is 13.8. The van der Waals surface area contributed by atoms with Gasteiger partial charge in [-0.25, -0.2) is 14.4 Å². The lowest BCUT2D eigenvalue weighted by Gasteiger charge is -2.06. The van der Waals surface area contributed by atoms with Gasteiger partial charge in [-0.3, -0.25) is 0 Å². The summed E-state index contributed by atoms with van der Waals surface area (Å²) in [4.78, 5) is 8.26. The number of halogens is 3. The number of nitrogens with zero attached hydrogens (tertiary/aromatic N) is 2. The van der Waals surface area contributed by atoms with Crippen LogP contribution in [0.15, 0.2) is 28.9 Å². The summed E-state index contributed by atoms with van der Waals surface area (Å²) in [7, 11) is 1.73. The molecule has 0 unspecified atom stereocenters. The molecular formula is C11H8BrClFN3. The summed E-state index contributed by atoms with van der Waals surface area (Å²) in [5, 5.41) is 2.94. The van der Waals surface area contributed by atoms with Crippen molar-refractivity contribution in [2.75, 3.05) is 12.4 Å². The van der Waals surface area contributed by atoms with Gasteiger partial charge in [0.05, 0.1) is 15.1 Å². The van der Waals surface area contributed by atoms with Crippen LogP contribution in [0.4, 0.5) is 10.2 Å². The molecule has 1 N–H and O–H groups in total. The van der Waals surface area contributed by atoms with Crippen LogP contribution < -0.4 is 5.32 Å². The van der Waals surface area contributed by atoms with E-state index in [1.807, 2.05) is 0 Å². The average Bonchev–Trinajstić information content (AvgIpc) is 2.34. The molecule has 2 rings (SSSR count). The summed E-state index contributed by atoms with van der Waals surface area (Å²) in [5.41, 5.74) is 0.279. The SMILES string of the molecule is CNc1nc(-c2cccc(Cl)c2F)ncc1Br. The molecule has 0 spiro atoms. The van der Waals surface area contributed by atoms with E-state index >= 15 is 0 Å². The first-order chi connectivity index (χ1) is 8.13. The highest BCUT2D eigenvalue weighted by molar-refractivity contribution is 9.10. The van der Waals surface area contributed by atoms with E-state index in [0.717, 1.165) is 0 Å². The quantitative estimate of drug-likeness (QED) is 0.917. The van der Waals surface area contributed by atoms with Gasteiger partial charge in [-0.1, -0.05) is 17.7 Å². The topological polar surface area (TPSA) is 37.8 Å². The van der Waals surface area contributed by atoms with Crippen LogP contribution in [-0.4, -0.2) is 17.0 Å². The van der Waals surface area contributed by atoms with Crippen molar-refractivity contribution in [3.8, 4) is 11.4 Å². The second-order valence-electron chi connectivity index (χ2n) is 3.24. The van der Waals surface area contributed by atoms with Crippen LogP contribution in [0.5, 0.6) is 0 Å². The second-order valence-corrected chi connectivity index (χ2v) is 4.50. The van der Waals surface area contributed by atoms with E-state index < -0.39 is 5.82 Å². The summed E-state index contributed by atoms with van der Waals surface area (Å²) in [6.45, 7) is 0. The van der Waals surface area contributed by atoms with Gasteiger partial charge in [0.15, 0.2) is 11.6 Å². The number of anilines is 1. The monoisotopic (exact) mass is 315 g/mol. The number of hydrogen-bond donors (Lipinski definition) is 1. The van der Waals surface area contributed by atoms with Gasteiger partial charge in [0.2, 0.25) is 0 Å². The zero-order chi connectivity index (χ0) is 12.4. The Morgan fingerprint density at radius 2 is 2.18 bits per heavy atom. The lowest BCUT2D eigenvalue weighted by atomic mass is 10.2. The van der Waals surface area contributed by atoms with Crippen LogP contribution >= 0.6 is 27.5 Å². The van der Waals surface area contributed by atoms with Crippen LogP contribution in [0.3, 0.4) is 0 Å². The first kappa shape index (κ1) is 12.3. The molecule has 6 heteroatoms. The molecule has 88 valence electrons. The lowest BCUT2D eigenvalue weighted by Crippen LogP contribution is -1.99. The van der Waals surface area contributed by atoms with Gasteiger partial charge >= 0.3 is 0 Å². The molecule has 0 aliphatic heterocycles. The van der Waals surface area contributed by atoms with E-state index in [9.17, 15) is 4.39 Å². The highest BCUT2D eigenvalue weighted by Gasteiger charge is 2.12. The van der Waals surface area contributed by atoms with Crippen molar-refractivity contribution in [1.82, 2.24) is 9.97 Å². The molecule has 17 heavy (non-hydrogen) atoms. The molecule has 0 aliphatic carbocycles. The molecule has 2 aromatic rings. The number of nitrogens with one attached hydrogen (secondary N) is 1. The normalized spacial score (nSPS) is 10.4. The highest BCUT2D eigenvalue weighted by atomic mass is 79.9. The molecule has 0 saturated carbocycles. The number of aromatic nitrogens is 2. The molecule has 0 fully saturated rings. The molecule has 1 heterocycles. The zero-order valence-electron chi connectivity index (χ0n) is 8.84. The number of hydrogen-bond acceptors (Lipinski definition) is 3. The van der Waals surface area contributed by atoms with Gasteiger partial charge in [0.25, 0.3) is 0 Å². The first-order valence-corrected chi connectivity index (χ1v) is 5.95. The Labute approximate surface area is 111 Å². The van der Waals surface area contributed by atoms with Gasteiger partial charge in [-0.2, -0.15) is 0 Å². The van der Waals surface area contributed by atoms with E-state index in [0.29, 0.717) is 10.3 Å². The van der Waals surface area contributed by atoms with E-state index in [2.05, 4.69) is 31.2 Å². The fourth-order valence-electron chi connectivity index (χ4n) is 1.35. The fourth-order valence-corrected chi connectivity index (χ4v) is 1.91. The fraction of sp³-hybridized carbons (Fsp3) is 0.0909. The summed E-state index contributed by atoms with van der Waals surface area (Å²) in [6.07, 6.45) is 1.56. The van der Waals surface area contributed by atoms with E-state index in [1.54, 1.807) is 25.4 Å². The maximum absolute atomic E-state index is 13.8. The van der Waals surface area contributed by atoms with Crippen LogP contribution in [0.1, 0.15) is 0 Å². The molecule has 3 nitrogen and oxygen atoms in total. The predicted octanol–water partition coefficient (Wildman–Crippen LogP) is 3.74. The minimum atomic E-state index is -0.515. The Balaban J connectivity index is 2.57. The highest BCUT2D eigenvalue weighted by Crippen LogP contribution is 2.27. The van der Waals surface area contributed by atoms with Crippen molar-refractivity contribution in [2.45, 2.75) is 0 Å². The van der Waals surface area contributed by atoms with E-state index in [1.165, 1.54) is 6.07 Å². The summed E-state index contributed by atoms with van der Waals surface area (Å²) in [6, 6.07) is 4.73. The van der Waals surface area contributed by atoms with Crippen molar-refractivity contribution < 1.29 is 4.39 Å². The smallest absolute Gasteiger partial charge is 0.164 e. The van der Waals surface area contributed by atoms with Crippen molar-refractivity contribution in [2.24, 2.45) is 0 Å². The second kappa shape index (κ2) is 4.98. The van der Waals surface area contributed by atoms with Crippen molar-refractivity contribution in [3.05, 3.63) is 39.7 Å². The summed E-state index contributed by atoms with van der Waals surface area (Å²) >= 11 is 9.00. The van der Waals surface area contributed by atoms with E-state index in [-0.39, 0.29) is 16.4 Å². The Morgan fingerprint density at radius 1 is 1.41 bits per heavy atom. The number of benzene rings is 1. The Hall–Kier alpha value is -1.20. The average molecular weight is 317 g/mol. The first-order valence-electron chi connectivity index (χ1n) is 4.78. The molecule has 1 aromatic carbocycles. The molecule has 0 saturated heterocycles. The van der Waals surface area contributed by atoms with Gasteiger partial charge in [-0.05, 0) is 28.1 Å². The molecule has 0 radical (unpaired) electrons. The van der Waals surface area contributed by atoms with Gasteiger partial charge < -0.3 is 5.32 Å². The predicted molar refractivity (Wildman–Crippen MR) is 69.7 cm³/mol. The molecule has 0 bridgehead atoms. The van der Waals surface area contributed by atoms with Gasteiger partial charge in [0, 0.05) is 13.2 Å². The van der Waals surface area contributed by atoms with Crippen molar-refractivity contribution >= 4 is 33.3 Å². The third kappa shape index (κ3) is 2.40. The van der Waals surface area contributed by atoms with Gasteiger partial charge in [-0.15, -0.1) is 0 Å². The van der Waals surface area contributed by atoms with Crippen LogP contribution in [-0.2, 0) is 0 Å². The molecule has 1 aromatic heterocycles. The van der Waals surface area contributed by atoms with Gasteiger partial charge in [0.1, 0.15) is 5.82 Å². The minimum absolute atomic E-state index is 0.0556. The molecular weight excluding hydrogens is 308 g/mol. The molecule has 0 atom stereocenters. The third-order valence-corrected chi connectivity index (χ3v) is 3.05. The Kier molecular flexibility index (Phi) is 3.59. The van der Waals surface area contributed by atoms with E-state index in [4.69, 9.17) is 11.6 Å². The summed E-state index contributed by atoms with van der Waals surface area (Å²) in [5.74, 6) is 0.366. The van der Waals surface area contributed by atoms with Crippen LogP contribution in [0.2, 0.25) is 5.02 Å². The van der Waals surface area contributed by atoms with Crippen molar-refractivity contribution in [1.29, 1.82) is 0 Å². The molecule has 0 amide bonds. The van der Waals surface area contributed by atoms with Crippen LogP contribution in [0.25, 0.3) is 11.4 Å². The lowest BCUT2D eigenvalue weighted by molar-refractivity contribution is 0.630.